The number of Topliss-reactive ketones (excluding diaryl/α,β-unsaturated/α-hetero) is 1. The summed E-state index contributed by atoms with van der Waals surface area (Å²) in [6, 6.07) is 7.80. The van der Waals surface area contributed by atoms with E-state index in [0.29, 0.717) is 24.0 Å². The molecule has 0 aliphatic carbocycles. The van der Waals surface area contributed by atoms with Crippen molar-refractivity contribution in [3.8, 4) is 5.75 Å². The number of benzene rings is 1. The summed E-state index contributed by atoms with van der Waals surface area (Å²) in [6.07, 6.45) is 6.14. The first-order valence-electron chi connectivity index (χ1n) is 9.76. The minimum atomic E-state index is -2.18. The predicted octanol–water partition coefficient (Wildman–Crippen LogP) is 3.55. The average Bonchev–Trinajstić information content (AvgIpc) is 3.02. The Labute approximate surface area is 156 Å². The normalized spacial score (nSPS) is 21.6. The van der Waals surface area contributed by atoms with Crippen LogP contribution in [-0.2, 0) is 4.79 Å². The Morgan fingerprint density at radius 1 is 1.38 bits per heavy atom. The quantitative estimate of drug-likeness (QED) is 0.554. The van der Waals surface area contributed by atoms with Crippen LogP contribution in [0.5, 0.6) is 5.75 Å². The molecule has 1 aliphatic heterocycles. The smallest absolute Gasteiger partial charge is 0.318 e. The first kappa shape index (κ1) is 20.9. The summed E-state index contributed by atoms with van der Waals surface area (Å²) in [4.78, 5) is 11.3. The van der Waals surface area contributed by atoms with Gasteiger partial charge in [0.1, 0.15) is 11.5 Å². The largest absolute Gasteiger partial charge is 0.439 e. The molecule has 146 valence electrons. The molecule has 0 spiro atoms. The highest BCUT2D eigenvalue weighted by molar-refractivity contribution is 5.75. The summed E-state index contributed by atoms with van der Waals surface area (Å²) >= 11 is 0. The van der Waals surface area contributed by atoms with Gasteiger partial charge >= 0.3 is 5.97 Å². The van der Waals surface area contributed by atoms with Gasteiger partial charge in [-0.1, -0.05) is 31.9 Å². The second kappa shape index (κ2) is 9.49. The van der Waals surface area contributed by atoms with E-state index in [-0.39, 0.29) is 11.8 Å². The van der Waals surface area contributed by atoms with E-state index in [2.05, 4.69) is 18.3 Å². The van der Waals surface area contributed by atoms with Crippen LogP contribution in [0, 0.1) is 11.8 Å². The number of carbonyl (C=O) groups excluding carboxylic acids is 1. The Kier molecular flexibility index (Phi) is 7.62. The molecular formula is C21H33NO4. The lowest BCUT2D eigenvalue weighted by Gasteiger charge is -2.29. The number of rotatable bonds is 10. The van der Waals surface area contributed by atoms with E-state index >= 15 is 0 Å². The Balaban J connectivity index is 2.11. The standard InChI is InChI=1S/C21H33NO4/c1-4-7-16(9-5-8-15(2)23)19-12-13-22-20(19)17-10-6-11-18(14-17)26-21(3,24)25/h6,10-11,14,16,19-20,22,24-25H,4-5,7-9,12-13H2,1-3H3. The molecule has 26 heavy (non-hydrogen) atoms. The zero-order valence-corrected chi connectivity index (χ0v) is 16.2. The molecule has 5 nitrogen and oxygen atoms in total. The van der Waals surface area contributed by atoms with Crippen molar-refractivity contribution in [2.75, 3.05) is 6.54 Å². The van der Waals surface area contributed by atoms with Gasteiger partial charge < -0.3 is 25.1 Å². The maximum absolute atomic E-state index is 11.3. The van der Waals surface area contributed by atoms with E-state index in [0.717, 1.165) is 37.8 Å². The van der Waals surface area contributed by atoms with Crippen molar-refractivity contribution in [3.63, 3.8) is 0 Å². The first-order valence-corrected chi connectivity index (χ1v) is 9.76. The zero-order chi connectivity index (χ0) is 19.2. The average molecular weight is 363 g/mol. The molecule has 1 aromatic carbocycles. The SMILES string of the molecule is CCCC(CCCC(C)=O)C1CCNC1c1cccc(OC(C)(O)O)c1. The van der Waals surface area contributed by atoms with E-state index in [1.165, 1.54) is 13.3 Å². The molecule has 1 saturated heterocycles. The van der Waals surface area contributed by atoms with E-state index in [1.807, 2.05) is 12.1 Å². The Morgan fingerprint density at radius 3 is 2.81 bits per heavy atom. The van der Waals surface area contributed by atoms with Gasteiger partial charge in [-0.25, -0.2) is 0 Å². The molecule has 5 heteroatoms. The second-order valence-corrected chi connectivity index (χ2v) is 7.64. The van der Waals surface area contributed by atoms with Gasteiger partial charge in [0.05, 0.1) is 0 Å². The monoisotopic (exact) mass is 363 g/mol. The summed E-state index contributed by atoms with van der Waals surface area (Å²) in [5.74, 6) is -0.358. The molecule has 1 heterocycles. The van der Waals surface area contributed by atoms with Crippen LogP contribution >= 0.6 is 0 Å². The molecule has 1 aromatic rings. The van der Waals surface area contributed by atoms with Crippen LogP contribution in [0.25, 0.3) is 0 Å². The highest BCUT2D eigenvalue weighted by atomic mass is 16.8. The fraction of sp³-hybridized carbons (Fsp3) is 0.667. The van der Waals surface area contributed by atoms with Crippen molar-refractivity contribution in [2.45, 2.75) is 71.3 Å². The van der Waals surface area contributed by atoms with Gasteiger partial charge in [0.15, 0.2) is 0 Å². The lowest BCUT2D eigenvalue weighted by molar-refractivity contribution is -0.277. The summed E-state index contributed by atoms with van der Waals surface area (Å²) in [5.41, 5.74) is 1.11. The van der Waals surface area contributed by atoms with Crippen molar-refractivity contribution >= 4 is 5.78 Å². The van der Waals surface area contributed by atoms with Gasteiger partial charge in [0.2, 0.25) is 0 Å². The molecule has 0 amide bonds. The van der Waals surface area contributed by atoms with Gasteiger partial charge in [-0.15, -0.1) is 0 Å². The van der Waals surface area contributed by atoms with Crippen molar-refractivity contribution in [3.05, 3.63) is 29.8 Å². The zero-order valence-electron chi connectivity index (χ0n) is 16.2. The molecule has 0 radical (unpaired) electrons. The van der Waals surface area contributed by atoms with E-state index in [9.17, 15) is 15.0 Å². The Morgan fingerprint density at radius 2 is 2.15 bits per heavy atom. The van der Waals surface area contributed by atoms with Crippen LogP contribution in [0.2, 0.25) is 0 Å². The number of carbonyl (C=O) groups is 1. The van der Waals surface area contributed by atoms with Crippen molar-refractivity contribution in [1.29, 1.82) is 0 Å². The molecule has 1 aliphatic rings. The van der Waals surface area contributed by atoms with Crippen molar-refractivity contribution < 1.29 is 19.7 Å². The fourth-order valence-electron chi connectivity index (χ4n) is 4.15. The van der Waals surface area contributed by atoms with Crippen molar-refractivity contribution in [2.24, 2.45) is 11.8 Å². The Bertz CT molecular complexity index is 582. The molecule has 3 N–H and O–H groups in total. The van der Waals surface area contributed by atoms with Crippen LogP contribution in [0.1, 0.15) is 70.9 Å². The number of nitrogens with one attached hydrogen (secondary N) is 1. The van der Waals surface area contributed by atoms with E-state index in [1.54, 1.807) is 13.0 Å². The Hall–Kier alpha value is -1.43. The van der Waals surface area contributed by atoms with E-state index in [4.69, 9.17) is 4.74 Å². The highest BCUT2D eigenvalue weighted by Gasteiger charge is 2.34. The molecule has 2 rings (SSSR count). The third kappa shape index (κ3) is 6.38. The second-order valence-electron chi connectivity index (χ2n) is 7.64. The van der Waals surface area contributed by atoms with Crippen LogP contribution < -0.4 is 10.1 Å². The van der Waals surface area contributed by atoms with Gasteiger partial charge in [0, 0.05) is 19.4 Å². The molecule has 0 bridgehead atoms. The summed E-state index contributed by atoms with van der Waals surface area (Å²) in [6.45, 7) is 6.05. The number of aliphatic hydroxyl groups is 2. The number of ketones is 1. The molecule has 3 unspecified atom stereocenters. The number of ether oxygens (including phenoxy) is 1. The molecular weight excluding hydrogens is 330 g/mol. The minimum absolute atomic E-state index is 0.232. The number of hydrogen-bond acceptors (Lipinski definition) is 5. The van der Waals surface area contributed by atoms with Crippen LogP contribution in [0.4, 0.5) is 0 Å². The van der Waals surface area contributed by atoms with E-state index < -0.39 is 5.97 Å². The summed E-state index contributed by atoms with van der Waals surface area (Å²) in [5, 5.41) is 22.5. The summed E-state index contributed by atoms with van der Waals surface area (Å²) < 4.78 is 5.18. The fourth-order valence-corrected chi connectivity index (χ4v) is 4.15. The highest BCUT2D eigenvalue weighted by Crippen LogP contribution is 2.40. The minimum Gasteiger partial charge on any atom is -0.439 e. The van der Waals surface area contributed by atoms with Crippen LogP contribution in [0.3, 0.4) is 0 Å². The number of hydrogen-bond donors (Lipinski definition) is 3. The molecule has 0 aromatic heterocycles. The van der Waals surface area contributed by atoms with Gasteiger partial charge in [0.25, 0.3) is 0 Å². The van der Waals surface area contributed by atoms with Gasteiger partial charge in [-0.2, -0.15) is 0 Å². The van der Waals surface area contributed by atoms with Crippen molar-refractivity contribution in [1.82, 2.24) is 5.32 Å². The molecule has 3 atom stereocenters. The lowest BCUT2D eigenvalue weighted by atomic mass is 9.78. The summed E-state index contributed by atoms with van der Waals surface area (Å²) in [7, 11) is 0. The lowest BCUT2D eigenvalue weighted by Crippen LogP contribution is -2.31. The van der Waals surface area contributed by atoms with Gasteiger partial charge in [-0.05, 0) is 62.3 Å². The first-order chi connectivity index (χ1) is 12.3. The molecule has 1 fully saturated rings. The molecule has 0 saturated carbocycles. The van der Waals surface area contributed by atoms with Gasteiger partial charge in [-0.3, -0.25) is 0 Å². The topological polar surface area (TPSA) is 78.8 Å². The maximum Gasteiger partial charge on any atom is 0.318 e. The predicted molar refractivity (Wildman–Crippen MR) is 102 cm³/mol. The van der Waals surface area contributed by atoms with Crippen LogP contribution in [0.15, 0.2) is 24.3 Å². The third-order valence-corrected chi connectivity index (χ3v) is 5.17. The third-order valence-electron chi connectivity index (χ3n) is 5.17. The van der Waals surface area contributed by atoms with Crippen LogP contribution in [-0.4, -0.2) is 28.5 Å². The maximum atomic E-state index is 11.3.